The third kappa shape index (κ3) is 3.24. The molecule has 0 amide bonds. The van der Waals surface area contributed by atoms with Crippen LogP contribution in [-0.2, 0) is 14.9 Å². The number of benzene rings is 1. The Labute approximate surface area is 94.4 Å². The van der Waals surface area contributed by atoms with Crippen molar-refractivity contribution in [3.8, 4) is 18.1 Å². The number of nitrogens with one attached hydrogen (secondary N) is 1. The maximum atomic E-state index is 11.6. The molecule has 1 aromatic carbocycles. The summed E-state index contributed by atoms with van der Waals surface area (Å²) in [5.74, 6) is 2.71. The molecule has 0 radical (unpaired) electrons. The van der Waals surface area contributed by atoms with E-state index >= 15 is 0 Å². The van der Waals surface area contributed by atoms with E-state index in [4.69, 9.17) is 11.2 Å². The highest BCUT2D eigenvalue weighted by Gasteiger charge is 2.13. The third-order valence-corrected chi connectivity index (χ3v) is 2.92. The zero-order chi connectivity index (χ0) is 12.0. The highest BCUT2D eigenvalue weighted by molar-refractivity contribution is 7.89. The highest BCUT2D eigenvalue weighted by atomic mass is 32.2. The van der Waals surface area contributed by atoms with E-state index in [9.17, 15) is 8.42 Å². The Balaban J connectivity index is 2.78. The molecule has 0 spiro atoms. The molecule has 0 heterocycles. The van der Waals surface area contributed by atoms with Crippen LogP contribution in [0, 0.1) is 12.3 Å². The molecular formula is C10H11NO4S. The maximum Gasteiger partial charge on any atom is 0.262 e. The Kier molecular flexibility index (Phi) is 4.31. The Hall–Kier alpha value is -1.55. The highest BCUT2D eigenvalue weighted by Crippen LogP contribution is 2.14. The molecule has 0 atom stereocenters. The first-order valence-electron chi connectivity index (χ1n) is 4.31. The van der Waals surface area contributed by atoms with E-state index in [-0.39, 0.29) is 11.5 Å². The number of methoxy groups -OCH3 is 1. The second-order valence-corrected chi connectivity index (χ2v) is 4.40. The van der Waals surface area contributed by atoms with Gasteiger partial charge < -0.3 is 4.74 Å². The summed E-state index contributed by atoms with van der Waals surface area (Å²) < 4.78 is 28.0. The van der Waals surface area contributed by atoms with E-state index in [1.165, 1.54) is 31.4 Å². The smallest absolute Gasteiger partial charge is 0.262 e. The second kappa shape index (κ2) is 5.51. The minimum Gasteiger partial charge on any atom is -0.497 e. The van der Waals surface area contributed by atoms with Gasteiger partial charge in [0.2, 0.25) is 0 Å². The van der Waals surface area contributed by atoms with Crippen molar-refractivity contribution in [1.82, 2.24) is 4.89 Å². The molecule has 1 N–H and O–H groups in total. The first kappa shape index (κ1) is 12.5. The lowest BCUT2D eigenvalue weighted by molar-refractivity contribution is 0.123. The van der Waals surface area contributed by atoms with E-state index in [1.54, 1.807) is 0 Å². The van der Waals surface area contributed by atoms with Crippen LogP contribution in [0.15, 0.2) is 29.2 Å². The summed E-state index contributed by atoms with van der Waals surface area (Å²) in [6, 6.07) is 5.88. The molecule has 0 aliphatic rings. The van der Waals surface area contributed by atoms with Gasteiger partial charge in [-0.25, -0.2) is 8.42 Å². The minimum absolute atomic E-state index is 0.0744. The molecule has 1 rings (SSSR count). The molecule has 0 saturated carbocycles. The molecule has 0 aromatic heterocycles. The molecule has 86 valence electrons. The summed E-state index contributed by atoms with van der Waals surface area (Å²) in [4.78, 5) is 6.53. The predicted octanol–water partition coefficient (Wildman–Crippen LogP) is 0.538. The van der Waals surface area contributed by atoms with E-state index in [0.717, 1.165) is 0 Å². The Morgan fingerprint density at radius 2 is 2.00 bits per heavy atom. The third-order valence-electron chi connectivity index (χ3n) is 1.69. The van der Waals surface area contributed by atoms with Gasteiger partial charge in [-0.15, -0.1) is 6.42 Å². The lowest BCUT2D eigenvalue weighted by Crippen LogP contribution is -2.24. The van der Waals surface area contributed by atoms with Crippen molar-refractivity contribution >= 4 is 10.0 Å². The molecule has 0 bridgehead atoms. The number of rotatable bonds is 5. The van der Waals surface area contributed by atoms with Crippen molar-refractivity contribution in [2.75, 3.05) is 13.7 Å². The van der Waals surface area contributed by atoms with E-state index < -0.39 is 10.0 Å². The van der Waals surface area contributed by atoms with Gasteiger partial charge in [-0.3, -0.25) is 4.84 Å². The summed E-state index contributed by atoms with van der Waals surface area (Å²) >= 11 is 0. The van der Waals surface area contributed by atoms with Crippen molar-refractivity contribution in [3.05, 3.63) is 24.3 Å². The molecule has 16 heavy (non-hydrogen) atoms. The maximum absolute atomic E-state index is 11.6. The Morgan fingerprint density at radius 3 is 2.50 bits per heavy atom. The number of hydrogen-bond donors (Lipinski definition) is 1. The standard InChI is InChI=1S/C10H11NO4S/c1-3-8-15-11-16(12,13)10-6-4-9(14-2)5-7-10/h1,4-7,11H,8H2,2H3. The molecule has 0 unspecified atom stereocenters. The van der Waals surface area contributed by atoms with Gasteiger partial charge >= 0.3 is 0 Å². The summed E-state index contributed by atoms with van der Waals surface area (Å²) in [6.07, 6.45) is 4.91. The summed E-state index contributed by atoms with van der Waals surface area (Å²) in [7, 11) is -2.18. The zero-order valence-electron chi connectivity index (χ0n) is 8.64. The van der Waals surface area contributed by atoms with Crippen molar-refractivity contribution in [2.24, 2.45) is 0 Å². The minimum atomic E-state index is -3.68. The largest absolute Gasteiger partial charge is 0.497 e. The van der Waals surface area contributed by atoms with Gasteiger partial charge in [0.05, 0.1) is 12.0 Å². The lowest BCUT2D eigenvalue weighted by Gasteiger charge is -2.05. The fourth-order valence-corrected chi connectivity index (χ4v) is 1.76. The van der Waals surface area contributed by atoms with Gasteiger partial charge in [-0.2, -0.15) is 0 Å². The van der Waals surface area contributed by atoms with Crippen molar-refractivity contribution in [3.63, 3.8) is 0 Å². The van der Waals surface area contributed by atoms with Crippen LogP contribution in [0.3, 0.4) is 0 Å². The monoisotopic (exact) mass is 241 g/mol. The van der Waals surface area contributed by atoms with Gasteiger partial charge in [0.25, 0.3) is 10.0 Å². The van der Waals surface area contributed by atoms with Crippen molar-refractivity contribution in [2.45, 2.75) is 4.90 Å². The topological polar surface area (TPSA) is 64.6 Å². The zero-order valence-corrected chi connectivity index (χ0v) is 9.45. The van der Waals surface area contributed by atoms with Crippen LogP contribution in [0.2, 0.25) is 0 Å². The lowest BCUT2D eigenvalue weighted by atomic mass is 10.3. The van der Waals surface area contributed by atoms with Crippen molar-refractivity contribution < 1.29 is 18.0 Å². The summed E-state index contributed by atoms with van der Waals surface area (Å²) in [5.41, 5.74) is 0. The average molecular weight is 241 g/mol. The van der Waals surface area contributed by atoms with Gasteiger partial charge in [0, 0.05) is 0 Å². The first-order valence-corrected chi connectivity index (χ1v) is 5.79. The molecule has 0 fully saturated rings. The summed E-state index contributed by atoms with van der Waals surface area (Å²) in [6.45, 7) is -0.130. The number of terminal acetylenes is 1. The van der Waals surface area contributed by atoms with Crippen LogP contribution in [0.5, 0.6) is 5.75 Å². The quantitative estimate of drug-likeness (QED) is 0.464. The first-order chi connectivity index (χ1) is 7.60. The number of hydrogen-bond acceptors (Lipinski definition) is 4. The normalized spacial score (nSPS) is 10.8. The van der Waals surface area contributed by atoms with Crippen LogP contribution in [0.25, 0.3) is 0 Å². The van der Waals surface area contributed by atoms with E-state index in [2.05, 4.69) is 10.8 Å². The Bertz CT molecular complexity index is 473. The summed E-state index contributed by atoms with van der Waals surface area (Å²) in [5, 5.41) is 0. The number of sulfonamides is 1. The fraction of sp³-hybridized carbons (Fsp3) is 0.200. The van der Waals surface area contributed by atoms with Gasteiger partial charge in [0.1, 0.15) is 12.4 Å². The van der Waals surface area contributed by atoms with Crippen LogP contribution in [0.4, 0.5) is 0 Å². The average Bonchev–Trinajstić information content (AvgIpc) is 2.29. The predicted molar refractivity (Wildman–Crippen MR) is 58.1 cm³/mol. The van der Waals surface area contributed by atoms with Gasteiger partial charge in [0.15, 0.2) is 0 Å². The molecule has 6 heteroatoms. The van der Waals surface area contributed by atoms with Crippen LogP contribution in [0.1, 0.15) is 0 Å². The Morgan fingerprint density at radius 1 is 1.38 bits per heavy atom. The molecule has 0 aliphatic carbocycles. The molecule has 1 aromatic rings. The molecule has 5 nitrogen and oxygen atoms in total. The van der Waals surface area contributed by atoms with Crippen LogP contribution < -0.4 is 9.62 Å². The van der Waals surface area contributed by atoms with E-state index in [0.29, 0.717) is 5.75 Å². The SMILES string of the molecule is C#CCONS(=O)(=O)c1ccc(OC)cc1. The van der Waals surface area contributed by atoms with Gasteiger partial charge in [-0.1, -0.05) is 10.8 Å². The van der Waals surface area contributed by atoms with Crippen LogP contribution >= 0.6 is 0 Å². The molecule has 0 saturated heterocycles. The van der Waals surface area contributed by atoms with Crippen LogP contribution in [-0.4, -0.2) is 22.1 Å². The number of ether oxygens (including phenoxy) is 1. The second-order valence-electron chi connectivity index (χ2n) is 2.76. The van der Waals surface area contributed by atoms with E-state index in [1.807, 2.05) is 4.89 Å². The van der Waals surface area contributed by atoms with Gasteiger partial charge in [-0.05, 0) is 24.3 Å². The fourth-order valence-electron chi connectivity index (χ4n) is 0.952. The van der Waals surface area contributed by atoms with Crippen molar-refractivity contribution in [1.29, 1.82) is 0 Å². The molecule has 0 aliphatic heterocycles. The molecular weight excluding hydrogens is 230 g/mol.